The summed E-state index contributed by atoms with van der Waals surface area (Å²) in [6, 6.07) is 13.0. The van der Waals surface area contributed by atoms with Crippen molar-refractivity contribution in [3.8, 4) is 6.07 Å². The smallest absolute Gasteiger partial charge is 0.123 e. The van der Waals surface area contributed by atoms with Crippen LogP contribution in [0.2, 0.25) is 0 Å². The Balaban J connectivity index is 1.95. The van der Waals surface area contributed by atoms with E-state index in [0.29, 0.717) is 6.04 Å². The molecule has 108 valence electrons. The van der Waals surface area contributed by atoms with Crippen molar-refractivity contribution in [3.05, 3.63) is 47.9 Å². The fourth-order valence-electron chi connectivity index (χ4n) is 2.51. The van der Waals surface area contributed by atoms with E-state index in [2.05, 4.69) is 24.0 Å². The van der Waals surface area contributed by atoms with Crippen molar-refractivity contribution >= 4 is 17.4 Å². The molecule has 0 N–H and O–H groups in total. The highest BCUT2D eigenvalue weighted by atomic mass is 32.2. The van der Waals surface area contributed by atoms with Gasteiger partial charge in [-0.2, -0.15) is 5.26 Å². The molecule has 3 rings (SSSR count). The van der Waals surface area contributed by atoms with Crippen LogP contribution in [0.3, 0.4) is 0 Å². The molecule has 1 aliphatic rings. The summed E-state index contributed by atoms with van der Waals surface area (Å²) in [5.41, 5.74) is 1.83. The van der Waals surface area contributed by atoms with Crippen molar-refractivity contribution in [1.82, 2.24) is 0 Å². The second-order valence-electron chi connectivity index (χ2n) is 5.13. The Bertz CT molecular complexity index is 641. The van der Waals surface area contributed by atoms with E-state index in [1.54, 1.807) is 18.0 Å². The largest absolute Gasteiger partial charge is 0.467 e. The summed E-state index contributed by atoms with van der Waals surface area (Å²) in [4.78, 5) is 3.39. The van der Waals surface area contributed by atoms with Crippen molar-refractivity contribution in [2.24, 2.45) is 0 Å². The third-order valence-electron chi connectivity index (χ3n) is 3.62. The average molecular weight is 298 g/mol. The minimum absolute atomic E-state index is 0.532. The monoisotopic (exact) mass is 298 g/mol. The number of benzene rings is 1. The first-order chi connectivity index (χ1) is 10.3. The van der Waals surface area contributed by atoms with Crippen molar-refractivity contribution in [2.45, 2.75) is 37.2 Å². The lowest BCUT2D eigenvalue weighted by Crippen LogP contribution is -2.25. The maximum Gasteiger partial charge on any atom is 0.123 e. The van der Waals surface area contributed by atoms with Gasteiger partial charge in [0.25, 0.3) is 0 Å². The first-order valence-corrected chi connectivity index (χ1v) is 8.27. The van der Waals surface area contributed by atoms with E-state index >= 15 is 0 Å². The summed E-state index contributed by atoms with van der Waals surface area (Å²) in [7, 11) is 0. The molecule has 0 amide bonds. The summed E-state index contributed by atoms with van der Waals surface area (Å²) < 4.78 is 5.48. The fourth-order valence-corrected chi connectivity index (χ4v) is 3.30. The second-order valence-corrected chi connectivity index (χ2v) is 6.44. The SMILES string of the molecule is CCSc1cccc(N(Cc2ccco2)C2CC2)c1C#N. The predicted octanol–water partition coefficient (Wildman–Crippen LogP) is 4.43. The number of nitriles is 1. The summed E-state index contributed by atoms with van der Waals surface area (Å²) in [6.07, 6.45) is 4.09. The fraction of sp³-hybridized carbons (Fsp3) is 0.353. The zero-order chi connectivity index (χ0) is 14.7. The zero-order valence-corrected chi connectivity index (χ0v) is 12.9. The Labute approximate surface area is 129 Å². The molecule has 0 spiro atoms. The molecule has 1 saturated carbocycles. The number of nitrogens with zero attached hydrogens (tertiary/aromatic N) is 2. The summed E-state index contributed by atoms with van der Waals surface area (Å²) in [6.45, 7) is 2.84. The third-order valence-corrected chi connectivity index (χ3v) is 4.56. The van der Waals surface area contributed by atoms with Crippen LogP contribution in [0.4, 0.5) is 5.69 Å². The minimum atomic E-state index is 0.532. The lowest BCUT2D eigenvalue weighted by atomic mass is 10.1. The van der Waals surface area contributed by atoms with Gasteiger partial charge < -0.3 is 9.32 Å². The number of rotatable bonds is 6. The standard InChI is InChI=1S/C17H18N2OS/c1-2-21-17-7-3-6-16(15(17)11-18)19(13-8-9-13)12-14-5-4-10-20-14/h3-7,10,13H,2,8-9,12H2,1H3. The van der Waals surface area contributed by atoms with Gasteiger partial charge in [-0.25, -0.2) is 0 Å². The molecule has 1 aromatic carbocycles. The predicted molar refractivity (Wildman–Crippen MR) is 85.5 cm³/mol. The van der Waals surface area contributed by atoms with Gasteiger partial charge in [0.15, 0.2) is 0 Å². The van der Waals surface area contributed by atoms with Crippen LogP contribution in [0.1, 0.15) is 31.1 Å². The summed E-state index contributed by atoms with van der Waals surface area (Å²) >= 11 is 1.73. The van der Waals surface area contributed by atoms with Gasteiger partial charge in [-0.1, -0.05) is 13.0 Å². The lowest BCUT2D eigenvalue weighted by Gasteiger charge is -2.25. The van der Waals surface area contributed by atoms with E-state index in [4.69, 9.17) is 4.42 Å². The van der Waals surface area contributed by atoms with Crippen LogP contribution in [0, 0.1) is 11.3 Å². The van der Waals surface area contributed by atoms with Crippen LogP contribution in [-0.4, -0.2) is 11.8 Å². The van der Waals surface area contributed by atoms with E-state index in [1.807, 2.05) is 24.3 Å². The molecule has 1 aromatic heterocycles. The quantitative estimate of drug-likeness (QED) is 0.740. The number of hydrogen-bond acceptors (Lipinski definition) is 4. The van der Waals surface area contributed by atoms with Gasteiger partial charge in [-0.15, -0.1) is 11.8 Å². The maximum absolute atomic E-state index is 9.59. The molecule has 0 unspecified atom stereocenters. The molecule has 1 aliphatic carbocycles. The molecule has 4 heteroatoms. The molecular formula is C17H18N2OS. The number of hydrogen-bond donors (Lipinski definition) is 0. The molecule has 0 bridgehead atoms. The van der Waals surface area contributed by atoms with E-state index in [1.165, 1.54) is 12.8 Å². The molecular weight excluding hydrogens is 280 g/mol. The van der Waals surface area contributed by atoms with Crippen LogP contribution in [-0.2, 0) is 6.54 Å². The third kappa shape index (κ3) is 3.08. The molecule has 0 aliphatic heterocycles. The molecule has 1 fully saturated rings. The Kier molecular flexibility index (Phi) is 4.21. The Morgan fingerprint density at radius 2 is 2.19 bits per heavy atom. The van der Waals surface area contributed by atoms with Gasteiger partial charge in [-0.05, 0) is 42.9 Å². The van der Waals surface area contributed by atoms with Gasteiger partial charge in [-0.3, -0.25) is 0 Å². The first kappa shape index (κ1) is 14.1. The zero-order valence-electron chi connectivity index (χ0n) is 12.1. The van der Waals surface area contributed by atoms with Crippen molar-refractivity contribution in [3.63, 3.8) is 0 Å². The van der Waals surface area contributed by atoms with Crippen molar-refractivity contribution in [1.29, 1.82) is 5.26 Å². The number of thioether (sulfide) groups is 1. The van der Waals surface area contributed by atoms with Gasteiger partial charge in [0.1, 0.15) is 11.8 Å². The van der Waals surface area contributed by atoms with Gasteiger partial charge in [0, 0.05) is 10.9 Å². The molecule has 0 saturated heterocycles. The van der Waals surface area contributed by atoms with Crippen LogP contribution in [0.25, 0.3) is 0 Å². The second kappa shape index (κ2) is 6.28. The number of furan rings is 1. The average Bonchev–Trinajstić information content (AvgIpc) is 3.21. The Hall–Kier alpha value is -1.86. The molecule has 0 atom stereocenters. The highest BCUT2D eigenvalue weighted by Gasteiger charge is 2.31. The number of anilines is 1. The van der Waals surface area contributed by atoms with Crippen LogP contribution >= 0.6 is 11.8 Å². The first-order valence-electron chi connectivity index (χ1n) is 7.28. The van der Waals surface area contributed by atoms with E-state index in [-0.39, 0.29) is 0 Å². The van der Waals surface area contributed by atoms with Gasteiger partial charge >= 0.3 is 0 Å². The molecule has 1 heterocycles. The normalized spacial score (nSPS) is 13.9. The highest BCUT2D eigenvalue weighted by molar-refractivity contribution is 7.99. The van der Waals surface area contributed by atoms with E-state index < -0.39 is 0 Å². The van der Waals surface area contributed by atoms with Gasteiger partial charge in [0.05, 0.1) is 24.1 Å². The van der Waals surface area contributed by atoms with Crippen LogP contribution in [0.5, 0.6) is 0 Å². The minimum Gasteiger partial charge on any atom is -0.467 e. The van der Waals surface area contributed by atoms with E-state index in [9.17, 15) is 5.26 Å². The maximum atomic E-state index is 9.59. The molecule has 2 aromatic rings. The van der Waals surface area contributed by atoms with Crippen LogP contribution in [0.15, 0.2) is 45.9 Å². The summed E-state index contributed by atoms with van der Waals surface area (Å²) in [5.74, 6) is 1.92. The van der Waals surface area contributed by atoms with E-state index in [0.717, 1.165) is 34.2 Å². The van der Waals surface area contributed by atoms with Crippen molar-refractivity contribution in [2.75, 3.05) is 10.7 Å². The Morgan fingerprint density at radius 1 is 1.33 bits per heavy atom. The summed E-state index contributed by atoms with van der Waals surface area (Å²) in [5, 5.41) is 9.59. The molecule has 21 heavy (non-hydrogen) atoms. The van der Waals surface area contributed by atoms with Crippen LogP contribution < -0.4 is 4.90 Å². The van der Waals surface area contributed by atoms with Gasteiger partial charge in [0.2, 0.25) is 0 Å². The highest BCUT2D eigenvalue weighted by Crippen LogP contribution is 2.37. The Morgan fingerprint density at radius 3 is 2.81 bits per heavy atom. The molecule has 3 nitrogen and oxygen atoms in total. The topological polar surface area (TPSA) is 40.2 Å². The van der Waals surface area contributed by atoms with Crippen molar-refractivity contribution < 1.29 is 4.42 Å². The lowest BCUT2D eigenvalue weighted by molar-refractivity contribution is 0.501. The molecule has 0 radical (unpaired) electrons.